The number of para-hydroxylation sites is 1. The number of halogens is 1. The van der Waals surface area contributed by atoms with Crippen LogP contribution in [0.15, 0.2) is 71.6 Å². The summed E-state index contributed by atoms with van der Waals surface area (Å²) in [6.07, 6.45) is 0.630. The number of carbonyl (C=O) groups excluding carboxylic acids is 2. The van der Waals surface area contributed by atoms with Crippen LogP contribution in [0, 0.1) is 5.82 Å². The van der Waals surface area contributed by atoms with E-state index in [4.69, 9.17) is 4.74 Å². The van der Waals surface area contributed by atoms with Gasteiger partial charge in [-0.2, -0.15) is 0 Å². The van der Waals surface area contributed by atoms with Crippen LogP contribution < -0.4 is 14.9 Å². The molecule has 0 bridgehead atoms. The largest absolute Gasteiger partial charge is 0.385 e. The standard InChI is InChI=1S/C25H24FN3O5S/c1-34-14-6-13-27-25(31)19-8-2-4-9-21(19)28-24(30)16-29-22-12-11-17(26)15-20(22)18-7-3-5-10-23(18)35(29,32)33/h2-5,7-12,15H,6,13-14,16H2,1H3,(H,27,31)(H,28,30). The summed E-state index contributed by atoms with van der Waals surface area (Å²) in [4.78, 5) is 25.6. The fourth-order valence-corrected chi connectivity index (χ4v) is 5.55. The summed E-state index contributed by atoms with van der Waals surface area (Å²) in [6, 6.07) is 16.4. The minimum Gasteiger partial charge on any atom is -0.385 e. The number of carbonyl (C=O) groups is 2. The SMILES string of the molecule is COCCCNC(=O)c1ccccc1NC(=O)CN1c2ccc(F)cc2-c2ccccc2S1(=O)=O. The molecule has 0 spiro atoms. The molecule has 3 aromatic carbocycles. The lowest BCUT2D eigenvalue weighted by Crippen LogP contribution is -2.40. The van der Waals surface area contributed by atoms with E-state index in [0.29, 0.717) is 30.7 Å². The van der Waals surface area contributed by atoms with Gasteiger partial charge in [0.1, 0.15) is 12.4 Å². The number of hydrogen-bond donors (Lipinski definition) is 2. The molecule has 0 saturated carbocycles. The summed E-state index contributed by atoms with van der Waals surface area (Å²) in [7, 11) is -2.51. The fraction of sp³-hybridized carbons (Fsp3) is 0.200. The van der Waals surface area contributed by atoms with Crippen LogP contribution in [0.5, 0.6) is 0 Å². The third-order valence-corrected chi connectivity index (χ3v) is 7.33. The van der Waals surface area contributed by atoms with Crippen molar-refractivity contribution in [2.45, 2.75) is 11.3 Å². The van der Waals surface area contributed by atoms with Gasteiger partial charge >= 0.3 is 0 Å². The van der Waals surface area contributed by atoms with Gasteiger partial charge < -0.3 is 15.4 Å². The van der Waals surface area contributed by atoms with Crippen LogP contribution in [0.4, 0.5) is 15.8 Å². The summed E-state index contributed by atoms with van der Waals surface area (Å²) in [5.74, 6) is -1.55. The maximum Gasteiger partial charge on any atom is 0.265 e. The van der Waals surface area contributed by atoms with Crippen LogP contribution >= 0.6 is 0 Å². The molecule has 10 heteroatoms. The van der Waals surface area contributed by atoms with Gasteiger partial charge in [0, 0.05) is 31.4 Å². The van der Waals surface area contributed by atoms with E-state index in [-0.39, 0.29) is 27.7 Å². The van der Waals surface area contributed by atoms with E-state index in [1.807, 2.05) is 0 Å². The summed E-state index contributed by atoms with van der Waals surface area (Å²) >= 11 is 0. The van der Waals surface area contributed by atoms with Crippen molar-refractivity contribution in [3.63, 3.8) is 0 Å². The van der Waals surface area contributed by atoms with Gasteiger partial charge in [-0.3, -0.25) is 13.9 Å². The first-order chi connectivity index (χ1) is 16.8. The fourth-order valence-electron chi connectivity index (χ4n) is 3.90. The minimum absolute atomic E-state index is 0.0123. The zero-order chi connectivity index (χ0) is 25.0. The number of rotatable bonds is 8. The van der Waals surface area contributed by atoms with Crippen molar-refractivity contribution < 1.29 is 27.1 Å². The minimum atomic E-state index is -4.08. The predicted octanol–water partition coefficient (Wildman–Crippen LogP) is 3.41. The Hall–Kier alpha value is -3.76. The molecule has 1 aliphatic heterocycles. The maximum absolute atomic E-state index is 14.0. The molecular weight excluding hydrogens is 473 g/mol. The van der Waals surface area contributed by atoms with Crippen LogP contribution in [0.1, 0.15) is 16.8 Å². The number of anilines is 2. The summed E-state index contributed by atoms with van der Waals surface area (Å²) in [6.45, 7) is 0.338. The Morgan fingerprint density at radius 2 is 1.74 bits per heavy atom. The second-order valence-corrected chi connectivity index (χ2v) is 9.70. The van der Waals surface area contributed by atoms with Crippen molar-refractivity contribution in [1.82, 2.24) is 5.32 Å². The van der Waals surface area contributed by atoms with Gasteiger partial charge in [-0.1, -0.05) is 30.3 Å². The van der Waals surface area contributed by atoms with E-state index in [1.54, 1.807) is 49.6 Å². The van der Waals surface area contributed by atoms with E-state index in [9.17, 15) is 22.4 Å². The molecule has 0 radical (unpaired) electrons. The number of benzene rings is 3. The molecular formula is C25H24FN3O5S. The number of methoxy groups -OCH3 is 1. The Bertz CT molecular complexity index is 1380. The molecule has 0 fully saturated rings. The number of nitrogens with zero attached hydrogens (tertiary/aromatic N) is 1. The van der Waals surface area contributed by atoms with Crippen molar-refractivity contribution in [2.24, 2.45) is 0 Å². The van der Waals surface area contributed by atoms with Gasteiger partial charge in [0.15, 0.2) is 0 Å². The number of hydrogen-bond acceptors (Lipinski definition) is 5. The second-order valence-electron chi connectivity index (χ2n) is 7.87. The van der Waals surface area contributed by atoms with Crippen LogP contribution in [-0.2, 0) is 19.6 Å². The Morgan fingerprint density at radius 1 is 1.00 bits per heavy atom. The van der Waals surface area contributed by atoms with E-state index in [0.717, 1.165) is 10.4 Å². The van der Waals surface area contributed by atoms with Gasteiger partial charge in [0.25, 0.3) is 15.9 Å². The lowest BCUT2D eigenvalue weighted by molar-refractivity contribution is -0.114. The predicted molar refractivity (Wildman–Crippen MR) is 130 cm³/mol. The van der Waals surface area contributed by atoms with Crippen LogP contribution in [-0.4, -0.2) is 47.0 Å². The van der Waals surface area contributed by atoms with E-state index >= 15 is 0 Å². The molecule has 0 aromatic heterocycles. The van der Waals surface area contributed by atoms with E-state index < -0.39 is 28.3 Å². The first-order valence-electron chi connectivity index (χ1n) is 10.9. The van der Waals surface area contributed by atoms with Crippen molar-refractivity contribution in [1.29, 1.82) is 0 Å². The third kappa shape index (κ3) is 5.03. The van der Waals surface area contributed by atoms with Gasteiger partial charge in [-0.15, -0.1) is 0 Å². The van der Waals surface area contributed by atoms with Crippen molar-refractivity contribution >= 4 is 33.2 Å². The first-order valence-corrected chi connectivity index (χ1v) is 12.3. The molecule has 8 nitrogen and oxygen atoms in total. The number of ether oxygens (including phenoxy) is 1. The summed E-state index contributed by atoms with van der Waals surface area (Å²) in [5.41, 5.74) is 1.43. The lowest BCUT2D eigenvalue weighted by Gasteiger charge is -2.31. The quantitative estimate of drug-likeness (QED) is 0.464. The highest BCUT2D eigenvalue weighted by atomic mass is 32.2. The van der Waals surface area contributed by atoms with Crippen LogP contribution in [0.2, 0.25) is 0 Å². The lowest BCUT2D eigenvalue weighted by atomic mass is 10.0. The first kappa shape index (κ1) is 24.4. The number of amides is 2. The average molecular weight is 498 g/mol. The van der Waals surface area contributed by atoms with Crippen molar-refractivity contribution in [3.8, 4) is 11.1 Å². The van der Waals surface area contributed by atoms with E-state index in [2.05, 4.69) is 10.6 Å². The van der Waals surface area contributed by atoms with Crippen molar-refractivity contribution in [3.05, 3.63) is 78.1 Å². The molecule has 4 rings (SSSR count). The number of sulfonamides is 1. The highest BCUT2D eigenvalue weighted by Crippen LogP contribution is 2.43. The highest BCUT2D eigenvalue weighted by molar-refractivity contribution is 7.93. The van der Waals surface area contributed by atoms with Crippen LogP contribution in [0.3, 0.4) is 0 Å². The topological polar surface area (TPSA) is 105 Å². The normalized spacial score (nSPS) is 13.5. The zero-order valence-electron chi connectivity index (χ0n) is 19.0. The van der Waals surface area contributed by atoms with Crippen LogP contribution in [0.25, 0.3) is 11.1 Å². The van der Waals surface area contributed by atoms with Gasteiger partial charge in [-0.05, 0) is 42.8 Å². The molecule has 2 amide bonds. The van der Waals surface area contributed by atoms with Gasteiger partial charge in [-0.25, -0.2) is 12.8 Å². The smallest absolute Gasteiger partial charge is 0.265 e. The van der Waals surface area contributed by atoms with Crippen molar-refractivity contribution in [2.75, 3.05) is 36.4 Å². The monoisotopic (exact) mass is 497 g/mol. The summed E-state index contributed by atoms with van der Waals surface area (Å²) < 4.78 is 46.7. The van der Waals surface area contributed by atoms with Gasteiger partial charge in [0.2, 0.25) is 5.91 Å². The molecule has 1 heterocycles. The Kier molecular flexibility index (Phi) is 7.13. The molecule has 1 aliphatic rings. The second kappa shape index (κ2) is 10.2. The maximum atomic E-state index is 14.0. The molecule has 35 heavy (non-hydrogen) atoms. The Balaban J connectivity index is 1.58. The average Bonchev–Trinajstić information content (AvgIpc) is 2.85. The molecule has 0 saturated heterocycles. The number of nitrogens with one attached hydrogen (secondary N) is 2. The molecule has 182 valence electrons. The number of fused-ring (bicyclic) bond motifs is 3. The highest BCUT2D eigenvalue weighted by Gasteiger charge is 2.36. The zero-order valence-corrected chi connectivity index (χ0v) is 19.8. The Labute approximate surface area is 202 Å². The van der Waals surface area contributed by atoms with E-state index in [1.165, 1.54) is 18.2 Å². The third-order valence-electron chi connectivity index (χ3n) is 5.52. The molecule has 0 aliphatic carbocycles. The molecule has 0 atom stereocenters. The van der Waals surface area contributed by atoms with Gasteiger partial charge in [0.05, 0.1) is 21.8 Å². The summed E-state index contributed by atoms with van der Waals surface area (Å²) in [5, 5.41) is 5.40. The molecule has 3 aromatic rings. The Morgan fingerprint density at radius 3 is 2.54 bits per heavy atom. The molecule has 0 unspecified atom stereocenters. The molecule has 2 N–H and O–H groups in total.